The molecule has 1 aromatic heterocycles. The van der Waals surface area contributed by atoms with E-state index in [-0.39, 0.29) is 10.6 Å². The number of carbonyl (C=O) groups excluding carboxylic acids is 1. The van der Waals surface area contributed by atoms with Gasteiger partial charge in [-0.15, -0.1) is 0 Å². The van der Waals surface area contributed by atoms with E-state index in [0.717, 1.165) is 7.11 Å². The maximum absolute atomic E-state index is 11.9. The summed E-state index contributed by atoms with van der Waals surface area (Å²) in [7, 11) is -2.98. The molecule has 1 atom stereocenters. The Hall–Kier alpha value is -2.02. The number of nitrogens with zero attached hydrogens (tertiary/aromatic N) is 2. The van der Waals surface area contributed by atoms with Crippen LogP contribution in [0.15, 0.2) is 23.2 Å². The molecular weight excluding hydrogens is 274 g/mol. The number of aliphatic hydroxyl groups is 1. The first-order valence-corrected chi connectivity index (χ1v) is 6.51. The molecule has 0 aliphatic carbocycles. The van der Waals surface area contributed by atoms with E-state index in [0.29, 0.717) is 0 Å². The van der Waals surface area contributed by atoms with E-state index >= 15 is 0 Å². The summed E-state index contributed by atoms with van der Waals surface area (Å²) in [5.74, 6) is -0.964. The maximum Gasteiger partial charge on any atom is 0.336 e. The summed E-state index contributed by atoms with van der Waals surface area (Å²) < 4.78 is 30.0. The van der Waals surface area contributed by atoms with Gasteiger partial charge in [0.15, 0.2) is 11.8 Å². The van der Waals surface area contributed by atoms with E-state index < -0.39 is 28.6 Å². The van der Waals surface area contributed by atoms with Gasteiger partial charge < -0.3 is 9.84 Å². The minimum atomic E-state index is -4.04. The summed E-state index contributed by atoms with van der Waals surface area (Å²) in [4.78, 5) is 14.2. The number of aliphatic hydroxyl groups excluding tert-OH is 1. The molecule has 0 spiro atoms. The number of hydrogen-bond acceptors (Lipinski definition) is 7. The number of hydrogen-bond donors (Lipinski definition) is 2. The molecule has 1 unspecified atom stereocenters. The van der Waals surface area contributed by atoms with Crippen LogP contribution >= 0.6 is 0 Å². The average Bonchev–Trinajstić information content (AvgIpc) is 2.43. The number of nitrogens with one attached hydrogen (secondary N) is 1. The van der Waals surface area contributed by atoms with Crippen LogP contribution in [0.25, 0.3) is 0 Å². The first kappa shape index (κ1) is 15.0. The number of carbonyl (C=O) groups is 1. The number of aromatic nitrogens is 1. The summed E-state index contributed by atoms with van der Waals surface area (Å²) in [5, 5.41) is 18.0. The van der Waals surface area contributed by atoms with E-state index in [1.807, 2.05) is 4.72 Å². The molecular formula is C10H11N3O5S. The Morgan fingerprint density at radius 1 is 1.68 bits per heavy atom. The van der Waals surface area contributed by atoms with Crippen molar-refractivity contribution in [2.24, 2.45) is 0 Å². The van der Waals surface area contributed by atoms with Crippen LogP contribution in [-0.4, -0.2) is 44.2 Å². The first-order valence-electron chi connectivity index (χ1n) is 5.03. The normalized spacial score (nSPS) is 12.5. The Labute approximate surface area is 109 Å². The smallest absolute Gasteiger partial charge is 0.336 e. The number of rotatable bonds is 5. The monoisotopic (exact) mass is 285 g/mol. The van der Waals surface area contributed by atoms with Gasteiger partial charge in [-0.05, 0) is 12.1 Å². The van der Waals surface area contributed by atoms with Gasteiger partial charge in [-0.3, -0.25) is 0 Å². The van der Waals surface area contributed by atoms with Gasteiger partial charge in [0.1, 0.15) is 11.0 Å². The third kappa shape index (κ3) is 3.72. The molecule has 0 aromatic carbocycles. The summed E-state index contributed by atoms with van der Waals surface area (Å²) in [5.41, 5.74) is -0.275. The van der Waals surface area contributed by atoms with Gasteiger partial charge in [-0.1, -0.05) is 0 Å². The Bertz CT molecular complexity index is 608. The molecule has 0 aliphatic rings. The standard InChI is InChI=1S/C10H11N3O5S/c1-18-10(15)8(14)6-13-19(16,17)9-3-2-4-12-7(9)5-11/h2-4,8,13-14H,6H2,1H3. The van der Waals surface area contributed by atoms with Crippen molar-refractivity contribution in [1.29, 1.82) is 5.26 Å². The second-order valence-electron chi connectivity index (χ2n) is 3.35. The summed E-state index contributed by atoms with van der Waals surface area (Å²) in [6.07, 6.45) is -0.345. The molecule has 9 heteroatoms. The lowest BCUT2D eigenvalue weighted by Crippen LogP contribution is -2.37. The van der Waals surface area contributed by atoms with Crippen molar-refractivity contribution in [2.75, 3.05) is 13.7 Å². The molecule has 0 radical (unpaired) electrons. The van der Waals surface area contributed by atoms with E-state index in [4.69, 9.17) is 5.26 Å². The molecule has 0 amide bonds. The van der Waals surface area contributed by atoms with E-state index in [9.17, 15) is 18.3 Å². The van der Waals surface area contributed by atoms with Gasteiger partial charge in [0.2, 0.25) is 10.0 Å². The van der Waals surface area contributed by atoms with Gasteiger partial charge in [0.25, 0.3) is 0 Å². The fourth-order valence-electron chi connectivity index (χ4n) is 1.18. The Kier molecular flexibility index (Phi) is 4.94. The van der Waals surface area contributed by atoms with Crippen molar-refractivity contribution in [3.05, 3.63) is 24.0 Å². The van der Waals surface area contributed by atoms with Crippen LogP contribution in [0.3, 0.4) is 0 Å². The van der Waals surface area contributed by atoms with Crippen molar-refractivity contribution in [1.82, 2.24) is 9.71 Å². The maximum atomic E-state index is 11.9. The summed E-state index contributed by atoms with van der Waals surface area (Å²) in [6, 6.07) is 4.19. The molecule has 1 aromatic rings. The molecule has 0 bridgehead atoms. The van der Waals surface area contributed by atoms with Crippen molar-refractivity contribution in [3.63, 3.8) is 0 Å². The minimum Gasteiger partial charge on any atom is -0.467 e. The van der Waals surface area contributed by atoms with Crippen molar-refractivity contribution in [2.45, 2.75) is 11.0 Å². The second kappa shape index (κ2) is 6.24. The lowest BCUT2D eigenvalue weighted by Gasteiger charge is -2.10. The van der Waals surface area contributed by atoms with Crippen LogP contribution in [0.1, 0.15) is 5.69 Å². The fraction of sp³-hybridized carbons (Fsp3) is 0.300. The molecule has 0 saturated carbocycles. The molecule has 8 nitrogen and oxygen atoms in total. The van der Waals surface area contributed by atoms with E-state index in [1.54, 1.807) is 6.07 Å². The lowest BCUT2D eigenvalue weighted by molar-refractivity contribution is -0.149. The molecule has 19 heavy (non-hydrogen) atoms. The Morgan fingerprint density at radius 2 is 2.37 bits per heavy atom. The molecule has 2 N–H and O–H groups in total. The third-order valence-electron chi connectivity index (χ3n) is 2.11. The lowest BCUT2D eigenvalue weighted by atomic mass is 10.4. The molecule has 0 aliphatic heterocycles. The number of esters is 1. The van der Waals surface area contributed by atoms with Crippen LogP contribution in [0.2, 0.25) is 0 Å². The number of methoxy groups -OCH3 is 1. The van der Waals surface area contributed by atoms with Crippen LogP contribution < -0.4 is 4.72 Å². The topological polar surface area (TPSA) is 129 Å². The van der Waals surface area contributed by atoms with E-state index in [2.05, 4.69) is 9.72 Å². The van der Waals surface area contributed by atoms with Gasteiger partial charge >= 0.3 is 5.97 Å². The van der Waals surface area contributed by atoms with Gasteiger partial charge in [0, 0.05) is 12.7 Å². The zero-order valence-electron chi connectivity index (χ0n) is 9.90. The minimum absolute atomic E-state index is 0.275. The number of ether oxygens (including phenoxy) is 1. The van der Waals surface area contributed by atoms with Crippen LogP contribution in [0.4, 0.5) is 0 Å². The number of nitriles is 1. The van der Waals surface area contributed by atoms with Crippen molar-refractivity contribution in [3.8, 4) is 6.07 Å². The molecule has 0 saturated heterocycles. The van der Waals surface area contributed by atoms with Crippen molar-refractivity contribution >= 4 is 16.0 Å². The highest BCUT2D eigenvalue weighted by atomic mass is 32.2. The predicted molar refractivity (Wildman–Crippen MR) is 62.2 cm³/mol. The van der Waals surface area contributed by atoms with Crippen LogP contribution in [-0.2, 0) is 19.6 Å². The highest BCUT2D eigenvalue weighted by Gasteiger charge is 2.23. The Morgan fingerprint density at radius 3 is 2.95 bits per heavy atom. The third-order valence-corrected chi connectivity index (χ3v) is 3.56. The summed E-state index contributed by atoms with van der Waals surface area (Å²) >= 11 is 0. The molecule has 1 heterocycles. The fourth-order valence-corrected chi connectivity index (χ4v) is 2.32. The molecule has 0 fully saturated rings. The van der Waals surface area contributed by atoms with Gasteiger partial charge in [-0.25, -0.2) is 22.9 Å². The zero-order valence-corrected chi connectivity index (χ0v) is 10.7. The Balaban J connectivity index is 2.89. The second-order valence-corrected chi connectivity index (χ2v) is 5.09. The zero-order chi connectivity index (χ0) is 14.5. The molecule has 1 rings (SSSR count). The first-order chi connectivity index (χ1) is 8.92. The van der Waals surface area contributed by atoms with Crippen LogP contribution in [0.5, 0.6) is 0 Å². The number of sulfonamides is 1. The van der Waals surface area contributed by atoms with Gasteiger partial charge in [0.05, 0.1) is 7.11 Å². The van der Waals surface area contributed by atoms with Gasteiger partial charge in [-0.2, -0.15) is 5.26 Å². The van der Waals surface area contributed by atoms with Crippen LogP contribution in [0, 0.1) is 11.3 Å². The quantitative estimate of drug-likeness (QED) is 0.647. The average molecular weight is 285 g/mol. The highest BCUT2D eigenvalue weighted by molar-refractivity contribution is 7.89. The molecule has 102 valence electrons. The summed E-state index contributed by atoms with van der Waals surface area (Å²) in [6.45, 7) is -0.561. The SMILES string of the molecule is COC(=O)C(O)CNS(=O)(=O)c1cccnc1C#N. The van der Waals surface area contributed by atoms with Crippen molar-refractivity contribution < 1.29 is 23.1 Å². The number of pyridine rings is 1. The largest absolute Gasteiger partial charge is 0.467 e. The van der Waals surface area contributed by atoms with E-state index in [1.165, 1.54) is 18.3 Å². The highest BCUT2D eigenvalue weighted by Crippen LogP contribution is 2.11. The predicted octanol–water partition coefficient (Wildman–Crippen LogP) is -1.23.